The van der Waals surface area contributed by atoms with Gasteiger partial charge in [0.05, 0.1) is 0 Å². The molecule has 1 aliphatic rings. The van der Waals surface area contributed by atoms with E-state index in [4.69, 9.17) is 11.6 Å². The monoisotopic (exact) mass is 269 g/mol. The maximum atomic E-state index is 9.37. The number of nitrogens with zero attached hydrogens (tertiary/aromatic N) is 2. The minimum Gasteiger partial charge on any atom is -0.396 e. The molecule has 1 heterocycles. The van der Waals surface area contributed by atoms with E-state index in [0.29, 0.717) is 22.8 Å². The van der Waals surface area contributed by atoms with E-state index in [2.05, 4.69) is 15.3 Å². The summed E-state index contributed by atoms with van der Waals surface area (Å²) in [5.74, 6) is 2.39. The summed E-state index contributed by atoms with van der Waals surface area (Å²) in [6.45, 7) is 2.96. The third kappa shape index (κ3) is 3.56. The lowest BCUT2D eigenvalue weighted by molar-refractivity contribution is 0.141. The van der Waals surface area contributed by atoms with Gasteiger partial charge in [-0.25, -0.2) is 9.97 Å². The van der Waals surface area contributed by atoms with Gasteiger partial charge in [0, 0.05) is 19.2 Å². The Labute approximate surface area is 113 Å². The van der Waals surface area contributed by atoms with Crippen LogP contribution in [0.5, 0.6) is 0 Å². The lowest BCUT2D eigenvalue weighted by Gasteiger charge is -2.30. The first-order chi connectivity index (χ1) is 8.69. The van der Waals surface area contributed by atoms with Crippen LogP contribution in [0.15, 0.2) is 6.07 Å². The first-order valence-electron chi connectivity index (χ1n) is 6.55. The van der Waals surface area contributed by atoms with Crippen LogP contribution in [0.4, 0.5) is 5.82 Å². The summed E-state index contributed by atoms with van der Waals surface area (Å²) in [5.41, 5.74) is 0. The van der Waals surface area contributed by atoms with E-state index in [1.54, 1.807) is 6.07 Å². The number of aliphatic hydroxyl groups is 1. The van der Waals surface area contributed by atoms with Crippen molar-refractivity contribution in [3.05, 3.63) is 17.0 Å². The summed E-state index contributed by atoms with van der Waals surface area (Å²) >= 11 is 5.90. The summed E-state index contributed by atoms with van der Waals surface area (Å²) in [6.07, 6.45) is 4.80. The maximum Gasteiger partial charge on any atom is 0.134 e. The molecular weight excluding hydrogens is 250 g/mol. The molecule has 2 atom stereocenters. The molecular formula is C13H20ClN3O. The van der Waals surface area contributed by atoms with Crippen molar-refractivity contribution in [2.75, 3.05) is 18.5 Å². The molecule has 0 aromatic carbocycles. The molecule has 1 aliphatic carbocycles. The first kappa shape index (κ1) is 13.6. The number of rotatable bonds is 4. The molecule has 4 nitrogen and oxygen atoms in total. The van der Waals surface area contributed by atoms with Crippen LogP contribution in [-0.2, 0) is 0 Å². The minimum atomic E-state index is 0.288. The Kier molecular flexibility index (Phi) is 4.78. The van der Waals surface area contributed by atoms with Crippen molar-refractivity contribution in [2.24, 2.45) is 11.8 Å². The summed E-state index contributed by atoms with van der Waals surface area (Å²) in [5, 5.41) is 13.2. The molecule has 0 radical (unpaired) electrons. The van der Waals surface area contributed by atoms with Crippen molar-refractivity contribution in [2.45, 2.75) is 32.6 Å². The minimum absolute atomic E-state index is 0.288. The fraction of sp³-hybridized carbons (Fsp3) is 0.692. The third-order valence-corrected chi connectivity index (χ3v) is 3.85. The van der Waals surface area contributed by atoms with Gasteiger partial charge < -0.3 is 10.4 Å². The number of aliphatic hydroxyl groups excluding tert-OH is 1. The molecule has 0 aliphatic heterocycles. The molecule has 1 aromatic heterocycles. The van der Waals surface area contributed by atoms with Crippen LogP contribution in [0.1, 0.15) is 31.5 Å². The number of nitrogens with one attached hydrogen (secondary N) is 1. The normalized spacial score (nSPS) is 23.9. The van der Waals surface area contributed by atoms with Crippen molar-refractivity contribution in [1.29, 1.82) is 0 Å². The maximum absolute atomic E-state index is 9.37. The van der Waals surface area contributed by atoms with E-state index in [9.17, 15) is 5.11 Å². The van der Waals surface area contributed by atoms with Crippen LogP contribution in [0.25, 0.3) is 0 Å². The molecule has 0 saturated heterocycles. The van der Waals surface area contributed by atoms with E-state index in [0.717, 1.165) is 18.8 Å². The zero-order valence-corrected chi connectivity index (χ0v) is 11.5. The van der Waals surface area contributed by atoms with Gasteiger partial charge in [0.1, 0.15) is 16.8 Å². The molecule has 2 N–H and O–H groups in total. The smallest absolute Gasteiger partial charge is 0.134 e. The number of hydrogen-bond donors (Lipinski definition) is 2. The van der Waals surface area contributed by atoms with Gasteiger partial charge >= 0.3 is 0 Å². The number of aryl methyl sites for hydroxylation is 1. The van der Waals surface area contributed by atoms with Crippen molar-refractivity contribution in [3.63, 3.8) is 0 Å². The predicted molar refractivity (Wildman–Crippen MR) is 72.8 cm³/mol. The summed E-state index contributed by atoms with van der Waals surface area (Å²) in [6, 6.07) is 1.74. The number of hydrogen-bond acceptors (Lipinski definition) is 4. The zero-order chi connectivity index (χ0) is 13.0. The average Bonchev–Trinajstić information content (AvgIpc) is 2.35. The lowest BCUT2D eigenvalue weighted by Crippen LogP contribution is -2.28. The molecule has 1 fully saturated rings. The molecule has 0 bridgehead atoms. The molecule has 18 heavy (non-hydrogen) atoms. The van der Waals surface area contributed by atoms with Crippen LogP contribution in [0.2, 0.25) is 5.15 Å². The van der Waals surface area contributed by atoms with E-state index in [1.807, 2.05) is 6.92 Å². The van der Waals surface area contributed by atoms with Crippen LogP contribution in [0.3, 0.4) is 0 Å². The quantitative estimate of drug-likeness (QED) is 0.825. The SMILES string of the molecule is Cc1nc(Cl)cc(NCC2CCCCC2CO)n1. The molecule has 2 unspecified atom stereocenters. The highest BCUT2D eigenvalue weighted by Gasteiger charge is 2.24. The van der Waals surface area contributed by atoms with E-state index >= 15 is 0 Å². The van der Waals surface area contributed by atoms with Crippen molar-refractivity contribution in [3.8, 4) is 0 Å². The molecule has 100 valence electrons. The van der Waals surface area contributed by atoms with Crippen LogP contribution < -0.4 is 5.32 Å². The Hall–Kier alpha value is -0.870. The fourth-order valence-electron chi connectivity index (χ4n) is 2.65. The van der Waals surface area contributed by atoms with Crippen molar-refractivity contribution >= 4 is 17.4 Å². The average molecular weight is 270 g/mol. The second kappa shape index (κ2) is 6.34. The van der Waals surface area contributed by atoms with Crippen LogP contribution >= 0.6 is 11.6 Å². The summed E-state index contributed by atoms with van der Waals surface area (Å²) in [4.78, 5) is 8.33. The molecule has 2 rings (SSSR count). The van der Waals surface area contributed by atoms with Gasteiger partial charge in [0.25, 0.3) is 0 Å². The van der Waals surface area contributed by atoms with Crippen molar-refractivity contribution < 1.29 is 5.11 Å². The second-order valence-electron chi connectivity index (χ2n) is 4.99. The van der Waals surface area contributed by atoms with Gasteiger partial charge in [-0.1, -0.05) is 24.4 Å². The topological polar surface area (TPSA) is 58.0 Å². The summed E-state index contributed by atoms with van der Waals surface area (Å²) < 4.78 is 0. The Morgan fingerprint density at radius 2 is 2.06 bits per heavy atom. The molecule has 1 aromatic rings. The lowest BCUT2D eigenvalue weighted by atomic mass is 9.79. The van der Waals surface area contributed by atoms with Gasteiger partial charge in [0.2, 0.25) is 0 Å². The number of halogens is 1. The second-order valence-corrected chi connectivity index (χ2v) is 5.38. The zero-order valence-electron chi connectivity index (χ0n) is 10.7. The number of aromatic nitrogens is 2. The molecule has 0 spiro atoms. The standard InChI is InChI=1S/C13H20ClN3O/c1-9-16-12(14)6-13(17-9)15-7-10-4-2-3-5-11(10)8-18/h6,10-11,18H,2-5,7-8H2,1H3,(H,15,16,17). The Morgan fingerprint density at radius 1 is 1.33 bits per heavy atom. The van der Waals surface area contributed by atoms with Gasteiger partial charge in [-0.05, 0) is 31.6 Å². The van der Waals surface area contributed by atoms with Gasteiger partial charge in [-0.2, -0.15) is 0 Å². The molecule has 1 saturated carbocycles. The van der Waals surface area contributed by atoms with Crippen LogP contribution in [0, 0.1) is 18.8 Å². The van der Waals surface area contributed by atoms with Gasteiger partial charge in [0.15, 0.2) is 0 Å². The third-order valence-electron chi connectivity index (χ3n) is 3.65. The van der Waals surface area contributed by atoms with E-state index in [-0.39, 0.29) is 6.61 Å². The number of anilines is 1. The Balaban J connectivity index is 1.93. The van der Waals surface area contributed by atoms with E-state index < -0.39 is 0 Å². The largest absolute Gasteiger partial charge is 0.396 e. The molecule has 0 amide bonds. The highest BCUT2D eigenvalue weighted by Crippen LogP contribution is 2.29. The molecule has 5 heteroatoms. The predicted octanol–water partition coefficient (Wildman–Crippen LogP) is 2.65. The fourth-order valence-corrected chi connectivity index (χ4v) is 2.88. The van der Waals surface area contributed by atoms with Gasteiger partial charge in [-0.15, -0.1) is 0 Å². The Morgan fingerprint density at radius 3 is 2.72 bits per heavy atom. The van der Waals surface area contributed by atoms with Crippen molar-refractivity contribution in [1.82, 2.24) is 9.97 Å². The summed E-state index contributed by atoms with van der Waals surface area (Å²) in [7, 11) is 0. The van der Waals surface area contributed by atoms with Gasteiger partial charge in [-0.3, -0.25) is 0 Å². The van der Waals surface area contributed by atoms with E-state index in [1.165, 1.54) is 19.3 Å². The first-order valence-corrected chi connectivity index (χ1v) is 6.92. The highest BCUT2D eigenvalue weighted by atomic mass is 35.5. The highest BCUT2D eigenvalue weighted by molar-refractivity contribution is 6.29. The Bertz CT molecular complexity index is 380. The van der Waals surface area contributed by atoms with Crippen LogP contribution in [-0.4, -0.2) is 28.2 Å².